The molecule has 1 aliphatic heterocycles. The van der Waals surface area contributed by atoms with Gasteiger partial charge in [-0.3, -0.25) is 12.0 Å². The molecule has 2 heterocycles. The summed E-state index contributed by atoms with van der Waals surface area (Å²) in [5.41, 5.74) is 2.36. The maximum absolute atomic E-state index is 4.27. The number of aromatic nitrogens is 1. The van der Waals surface area contributed by atoms with Gasteiger partial charge in [0.15, 0.2) is 0 Å². The first-order valence-electron chi connectivity index (χ1n) is 4.02. The molecule has 0 aromatic carbocycles. The molecule has 0 saturated carbocycles. The normalized spacial score (nSPS) is 17.9. The quantitative estimate of drug-likeness (QED) is 0.578. The number of rotatable bonds is 1. The molecule has 0 bridgehead atoms. The second-order valence-electron chi connectivity index (χ2n) is 2.96. The fourth-order valence-corrected chi connectivity index (χ4v) is 1.35. The lowest BCUT2D eigenvalue weighted by molar-refractivity contribution is 0.484. The Morgan fingerprint density at radius 3 is 2.92 bits per heavy atom. The van der Waals surface area contributed by atoms with Gasteiger partial charge in [0.05, 0.1) is 5.69 Å². The summed E-state index contributed by atoms with van der Waals surface area (Å²) in [4.78, 5) is 6.29. The first-order chi connectivity index (χ1) is 5.86. The molecular weight excluding hydrogens is 148 g/mol. The summed E-state index contributed by atoms with van der Waals surface area (Å²) in [5, 5.41) is 0. The van der Waals surface area contributed by atoms with E-state index in [-0.39, 0.29) is 0 Å². The zero-order chi connectivity index (χ0) is 8.39. The molecule has 2 heteroatoms. The molecule has 2 nitrogen and oxygen atoms in total. The molecule has 2 rings (SSSR count). The van der Waals surface area contributed by atoms with Crippen molar-refractivity contribution in [1.29, 1.82) is 0 Å². The number of hydrogen-bond donors (Lipinski definition) is 0. The Balaban J connectivity index is 2.22. The van der Waals surface area contributed by atoms with Gasteiger partial charge in [-0.25, -0.2) is 0 Å². The highest BCUT2D eigenvalue weighted by molar-refractivity contribution is 5.65. The van der Waals surface area contributed by atoms with Crippen LogP contribution in [0.15, 0.2) is 30.5 Å². The number of hydrogen-bond acceptors (Lipinski definition) is 2. The fourth-order valence-electron chi connectivity index (χ4n) is 1.35. The SMILES string of the molecule is [CH2-]N1CC=C(c2ccccn2)C1. The van der Waals surface area contributed by atoms with E-state index in [1.165, 1.54) is 5.57 Å². The molecule has 0 fully saturated rings. The Kier molecular flexibility index (Phi) is 1.92. The Hall–Kier alpha value is -1.15. The van der Waals surface area contributed by atoms with E-state index in [1.807, 2.05) is 29.3 Å². The van der Waals surface area contributed by atoms with Gasteiger partial charge < -0.3 is 4.90 Å². The summed E-state index contributed by atoms with van der Waals surface area (Å²) in [7, 11) is 3.87. The van der Waals surface area contributed by atoms with Crippen molar-refractivity contribution in [3.05, 3.63) is 43.2 Å². The van der Waals surface area contributed by atoms with Crippen LogP contribution < -0.4 is 0 Å². The van der Waals surface area contributed by atoms with Gasteiger partial charge in [0, 0.05) is 6.20 Å². The Morgan fingerprint density at radius 2 is 2.33 bits per heavy atom. The molecule has 1 aliphatic rings. The van der Waals surface area contributed by atoms with Gasteiger partial charge in [-0.1, -0.05) is 12.1 Å². The van der Waals surface area contributed by atoms with Crippen molar-refractivity contribution in [2.75, 3.05) is 13.1 Å². The molecule has 0 saturated heterocycles. The lowest BCUT2D eigenvalue weighted by Gasteiger charge is -2.16. The summed E-state index contributed by atoms with van der Waals surface area (Å²) in [6.07, 6.45) is 4.00. The van der Waals surface area contributed by atoms with Gasteiger partial charge in [-0.05, 0) is 30.8 Å². The molecule has 1 aromatic rings. The molecule has 62 valence electrons. The Bertz CT molecular complexity index is 290. The molecule has 0 amide bonds. The minimum atomic E-state index is 0.914. The van der Waals surface area contributed by atoms with Crippen LogP contribution in [0.3, 0.4) is 0 Å². The van der Waals surface area contributed by atoms with Crippen LogP contribution in [-0.4, -0.2) is 23.0 Å². The van der Waals surface area contributed by atoms with Crippen LogP contribution in [0.2, 0.25) is 0 Å². The van der Waals surface area contributed by atoms with Gasteiger partial charge in [0.2, 0.25) is 0 Å². The average molecular weight is 159 g/mol. The highest BCUT2D eigenvalue weighted by Crippen LogP contribution is 2.17. The molecule has 0 aliphatic carbocycles. The molecule has 0 spiro atoms. The molecule has 1 aromatic heterocycles. The van der Waals surface area contributed by atoms with Gasteiger partial charge in [0.25, 0.3) is 0 Å². The van der Waals surface area contributed by atoms with Crippen LogP contribution in [0.25, 0.3) is 5.57 Å². The average Bonchev–Trinajstić information content (AvgIpc) is 2.54. The van der Waals surface area contributed by atoms with E-state index in [0.717, 1.165) is 18.8 Å². The lowest BCUT2D eigenvalue weighted by Crippen LogP contribution is -2.10. The smallest absolute Gasteiger partial charge is 0.0670 e. The summed E-state index contributed by atoms with van der Waals surface area (Å²) in [6, 6.07) is 5.97. The van der Waals surface area contributed by atoms with E-state index in [0.29, 0.717) is 0 Å². The minimum Gasteiger partial charge on any atom is -0.452 e. The second-order valence-corrected chi connectivity index (χ2v) is 2.96. The van der Waals surface area contributed by atoms with Gasteiger partial charge in [-0.2, -0.15) is 0 Å². The van der Waals surface area contributed by atoms with Crippen molar-refractivity contribution in [2.24, 2.45) is 0 Å². The van der Waals surface area contributed by atoms with E-state index in [4.69, 9.17) is 0 Å². The summed E-state index contributed by atoms with van der Waals surface area (Å²) in [5.74, 6) is 0. The first kappa shape index (κ1) is 7.50. The van der Waals surface area contributed by atoms with E-state index in [9.17, 15) is 0 Å². The predicted molar refractivity (Wildman–Crippen MR) is 49.1 cm³/mol. The topological polar surface area (TPSA) is 16.1 Å². The first-order valence-corrected chi connectivity index (χ1v) is 4.02. The van der Waals surface area contributed by atoms with E-state index in [2.05, 4.69) is 18.1 Å². The molecule has 0 atom stereocenters. The van der Waals surface area contributed by atoms with E-state index < -0.39 is 0 Å². The van der Waals surface area contributed by atoms with Crippen molar-refractivity contribution in [3.8, 4) is 0 Å². The summed E-state index contributed by atoms with van der Waals surface area (Å²) in [6.45, 7) is 1.85. The van der Waals surface area contributed by atoms with Crippen molar-refractivity contribution in [3.63, 3.8) is 0 Å². The van der Waals surface area contributed by atoms with Gasteiger partial charge in [-0.15, -0.1) is 0 Å². The Morgan fingerprint density at radius 1 is 1.42 bits per heavy atom. The second kappa shape index (κ2) is 3.07. The maximum Gasteiger partial charge on any atom is 0.0670 e. The van der Waals surface area contributed by atoms with Crippen LogP contribution in [-0.2, 0) is 0 Å². The van der Waals surface area contributed by atoms with E-state index >= 15 is 0 Å². The highest BCUT2D eigenvalue weighted by Gasteiger charge is 2.07. The molecular formula is C10H11N2-. The van der Waals surface area contributed by atoms with Crippen LogP contribution >= 0.6 is 0 Å². The summed E-state index contributed by atoms with van der Waals surface area (Å²) >= 11 is 0. The predicted octanol–water partition coefficient (Wildman–Crippen LogP) is 1.57. The number of pyridine rings is 1. The fraction of sp³-hybridized carbons (Fsp3) is 0.200. The molecule has 0 radical (unpaired) electrons. The van der Waals surface area contributed by atoms with Crippen molar-refractivity contribution >= 4 is 5.57 Å². The zero-order valence-electron chi connectivity index (χ0n) is 6.90. The van der Waals surface area contributed by atoms with Crippen LogP contribution in [0.1, 0.15) is 5.69 Å². The Labute approximate surface area is 72.5 Å². The third-order valence-corrected chi connectivity index (χ3v) is 1.98. The molecule has 12 heavy (non-hydrogen) atoms. The van der Waals surface area contributed by atoms with Crippen molar-refractivity contribution < 1.29 is 0 Å². The van der Waals surface area contributed by atoms with Crippen LogP contribution in [0.4, 0.5) is 0 Å². The maximum atomic E-state index is 4.27. The van der Waals surface area contributed by atoms with Crippen LogP contribution in [0, 0.1) is 7.05 Å². The van der Waals surface area contributed by atoms with Gasteiger partial charge in [0.1, 0.15) is 0 Å². The standard InChI is InChI=1S/C10H11N2/c1-12-7-5-9(8-12)10-4-2-3-6-11-10/h2-6H,1,7-8H2/q-1. The van der Waals surface area contributed by atoms with Crippen LogP contribution in [0.5, 0.6) is 0 Å². The monoisotopic (exact) mass is 159 g/mol. The molecule has 0 N–H and O–H groups in total. The van der Waals surface area contributed by atoms with Crippen molar-refractivity contribution in [1.82, 2.24) is 9.88 Å². The third-order valence-electron chi connectivity index (χ3n) is 1.98. The number of nitrogens with zero attached hydrogens (tertiary/aromatic N) is 2. The van der Waals surface area contributed by atoms with Crippen molar-refractivity contribution in [2.45, 2.75) is 0 Å². The zero-order valence-corrected chi connectivity index (χ0v) is 6.90. The van der Waals surface area contributed by atoms with E-state index in [1.54, 1.807) is 0 Å². The lowest BCUT2D eigenvalue weighted by atomic mass is 10.2. The largest absolute Gasteiger partial charge is 0.452 e. The molecule has 0 unspecified atom stereocenters. The highest BCUT2D eigenvalue weighted by atomic mass is 15.1. The minimum absolute atomic E-state index is 0.914. The summed E-state index contributed by atoms with van der Waals surface area (Å²) < 4.78 is 0. The third kappa shape index (κ3) is 1.38. The van der Waals surface area contributed by atoms with Gasteiger partial charge >= 0.3 is 0 Å².